The summed E-state index contributed by atoms with van der Waals surface area (Å²) in [6, 6.07) is 24.9. The average molecular weight is 435 g/mol. The predicted octanol–water partition coefficient (Wildman–Crippen LogP) is 4.40. The van der Waals surface area contributed by atoms with E-state index in [1.54, 1.807) is 30.1 Å². The van der Waals surface area contributed by atoms with Crippen LogP contribution in [0.5, 0.6) is 5.75 Å². The smallest absolute Gasteiger partial charge is 0.270 e. The third-order valence-corrected chi connectivity index (χ3v) is 5.30. The molecular formula is C26H21N5O2. The van der Waals surface area contributed by atoms with E-state index in [-0.39, 0.29) is 5.91 Å². The first-order valence-electron chi connectivity index (χ1n) is 10.5. The number of nitrogens with one attached hydrogen (secondary N) is 1. The first-order chi connectivity index (χ1) is 16.2. The number of hydrogen-bond acceptors (Lipinski definition) is 5. The summed E-state index contributed by atoms with van der Waals surface area (Å²) in [5.41, 5.74) is 5.23. The number of rotatable bonds is 6. The molecule has 0 bridgehead atoms. The number of pyridine rings is 1. The van der Waals surface area contributed by atoms with Crippen molar-refractivity contribution in [3.05, 3.63) is 103 Å². The van der Waals surface area contributed by atoms with Crippen molar-refractivity contribution in [3.8, 4) is 28.3 Å². The highest BCUT2D eigenvalue weighted by Gasteiger charge is 2.16. The second-order valence-electron chi connectivity index (χ2n) is 7.46. The van der Waals surface area contributed by atoms with Gasteiger partial charge in [0.15, 0.2) is 5.65 Å². The number of methoxy groups -OCH3 is 1. The van der Waals surface area contributed by atoms with Crippen LogP contribution in [0.1, 0.15) is 16.1 Å². The quantitative estimate of drug-likeness (QED) is 0.428. The van der Waals surface area contributed by atoms with E-state index in [4.69, 9.17) is 9.84 Å². The van der Waals surface area contributed by atoms with Crippen molar-refractivity contribution in [2.75, 3.05) is 7.11 Å². The summed E-state index contributed by atoms with van der Waals surface area (Å²) >= 11 is 0. The van der Waals surface area contributed by atoms with E-state index in [0.717, 1.165) is 33.8 Å². The highest BCUT2D eigenvalue weighted by molar-refractivity contribution is 5.94. The summed E-state index contributed by atoms with van der Waals surface area (Å²) in [6.07, 6.45) is 3.40. The van der Waals surface area contributed by atoms with Crippen LogP contribution in [-0.2, 0) is 6.54 Å². The van der Waals surface area contributed by atoms with Crippen molar-refractivity contribution in [1.82, 2.24) is 24.9 Å². The molecule has 1 N–H and O–H groups in total. The number of nitrogens with zero attached hydrogens (tertiary/aromatic N) is 4. The highest BCUT2D eigenvalue weighted by Crippen LogP contribution is 2.27. The molecule has 7 nitrogen and oxygen atoms in total. The molecule has 162 valence electrons. The minimum Gasteiger partial charge on any atom is -0.497 e. The molecule has 7 heteroatoms. The van der Waals surface area contributed by atoms with Crippen LogP contribution in [0.25, 0.3) is 28.2 Å². The summed E-state index contributed by atoms with van der Waals surface area (Å²) in [4.78, 5) is 21.6. The van der Waals surface area contributed by atoms with Gasteiger partial charge in [-0.2, -0.15) is 5.10 Å². The van der Waals surface area contributed by atoms with Crippen molar-refractivity contribution in [1.29, 1.82) is 0 Å². The Labute approximate surface area is 190 Å². The average Bonchev–Trinajstić information content (AvgIpc) is 3.32. The van der Waals surface area contributed by atoms with E-state index in [1.165, 1.54) is 0 Å². The number of ether oxygens (including phenoxy) is 1. The third-order valence-electron chi connectivity index (χ3n) is 5.30. The van der Waals surface area contributed by atoms with Crippen LogP contribution in [-0.4, -0.2) is 32.6 Å². The lowest BCUT2D eigenvalue weighted by Gasteiger charge is -2.10. The fraction of sp³-hybridized carbons (Fsp3) is 0.0769. The molecule has 5 aromatic rings. The molecule has 0 unspecified atom stereocenters. The van der Waals surface area contributed by atoms with Crippen molar-refractivity contribution in [2.45, 2.75) is 6.54 Å². The molecule has 2 aromatic carbocycles. The standard InChI is InChI=1S/C26H21N5O2/c1-33-21-9-5-8-20(14-21)24-15-23(26(32)28-17-18-10-12-27-13-11-18)29-25-16-22(30-31(24)25)19-6-3-2-4-7-19/h2-16H,17H2,1H3,(H,28,32). The molecule has 0 saturated carbocycles. The van der Waals surface area contributed by atoms with Gasteiger partial charge in [-0.1, -0.05) is 42.5 Å². The number of carbonyl (C=O) groups is 1. The number of carbonyl (C=O) groups excluding carboxylic acids is 1. The second kappa shape index (κ2) is 8.92. The first-order valence-corrected chi connectivity index (χ1v) is 10.5. The van der Waals surface area contributed by atoms with Crippen molar-refractivity contribution < 1.29 is 9.53 Å². The maximum Gasteiger partial charge on any atom is 0.270 e. The lowest BCUT2D eigenvalue weighted by atomic mass is 10.1. The second-order valence-corrected chi connectivity index (χ2v) is 7.46. The largest absolute Gasteiger partial charge is 0.497 e. The fourth-order valence-corrected chi connectivity index (χ4v) is 3.60. The Hall–Kier alpha value is -4.52. The Morgan fingerprint density at radius 2 is 1.73 bits per heavy atom. The van der Waals surface area contributed by atoms with Crippen molar-refractivity contribution >= 4 is 11.6 Å². The van der Waals surface area contributed by atoms with E-state index in [9.17, 15) is 4.79 Å². The van der Waals surface area contributed by atoms with E-state index in [1.807, 2.05) is 72.8 Å². The van der Waals surface area contributed by atoms with Gasteiger partial charge in [0.1, 0.15) is 11.4 Å². The summed E-state index contributed by atoms with van der Waals surface area (Å²) < 4.78 is 7.16. The van der Waals surface area contributed by atoms with Crippen LogP contribution in [0.15, 0.2) is 91.3 Å². The Balaban J connectivity index is 1.58. The van der Waals surface area contributed by atoms with E-state index in [0.29, 0.717) is 17.9 Å². The molecule has 0 atom stereocenters. The maximum absolute atomic E-state index is 13.0. The van der Waals surface area contributed by atoms with Gasteiger partial charge >= 0.3 is 0 Å². The van der Waals surface area contributed by atoms with Crippen LogP contribution in [0.3, 0.4) is 0 Å². The zero-order valence-corrected chi connectivity index (χ0v) is 18.0. The molecule has 0 aliphatic carbocycles. The van der Waals surface area contributed by atoms with Gasteiger partial charge in [0, 0.05) is 36.1 Å². The SMILES string of the molecule is COc1cccc(-c2cc(C(=O)NCc3ccncc3)nc3cc(-c4ccccc4)nn23)c1. The topological polar surface area (TPSA) is 81.4 Å². The summed E-state index contributed by atoms with van der Waals surface area (Å²) in [6.45, 7) is 0.386. The van der Waals surface area contributed by atoms with Crippen LogP contribution in [0, 0.1) is 0 Å². The molecule has 0 saturated heterocycles. The van der Waals surface area contributed by atoms with Gasteiger partial charge in [-0.3, -0.25) is 9.78 Å². The number of hydrogen-bond donors (Lipinski definition) is 1. The molecule has 5 rings (SSSR count). The summed E-state index contributed by atoms with van der Waals surface area (Å²) in [5, 5.41) is 7.72. The minimum absolute atomic E-state index is 0.263. The Kier molecular flexibility index (Phi) is 5.51. The zero-order chi connectivity index (χ0) is 22.6. The third kappa shape index (κ3) is 4.29. The van der Waals surface area contributed by atoms with E-state index >= 15 is 0 Å². The lowest BCUT2D eigenvalue weighted by molar-refractivity contribution is 0.0946. The molecule has 33 heavy (non-hydrogen) atoms. The number of aromatic nitrogens is 4. The maximum atomic E-state index is 13.0. The van der Waals surface area contributed by atoms with Gasteiger partial charge in [0.05, 0.1) is 18.5 Å². The van der Waals surface area contributed by atoms with E-state index in [2.05, 4.69) is 15.3 Å². The van der Waals surface area contributed by atoms with Gasteiger partial charge in [0.2, 0.25) is 0 Å². The molecular weight excluding hydrogens is 414 g/mol. The van der Waals surface area contributed by atoms with Crippen LogP contribution in [0.4, 0.5) is 0 Å². The Morgan fingerprint density at radius 3 is 2.52 bits per heavy atom. The summed E-state index contributed by atoms with van der Waals surface area (Å²) in [7, 11) is 1.63. The Bertz CT molecular complexity index is 1420. The molecule has 3 heterocycles. The number of fused-ring (bicyclic) bond motifs is 1. The monoisotopic (exact) mass is 435 g/mol. The van der Waals surface area contributed by atoms with Gasteiger partial charge in [-0.15, -0.1) is 0 Å². The number of amides is 1. The van der Waals surface area contributed by atoms with Gasteiger partial charge in [0.25, 0.3) is 5.91 Å². The number of benzene rings is 2. The first kappa shape index (κ1) is 20.4. The molecule has 0 aliphatic heterocycles. The lowest BCUT2D eigenvalue weighted by Crippen LogP contribution is -2.24. The molecule has 0 spiro atoms. The fourth-order valence-electron chi connectivity index (χ4n) is 3.60. The molecule has 3 aromatic heterocycles. The van der Waals surface area contributed by atoms with E-state index < -0.39 is 0 Å². The normalized spacial score (nSPS) is 10.8. The predicted molar refractivity (Wildman–Crippen MR) is 126 cm³/mol. The molecule has 0 radical (unpaired) electrons. The van der Waals surface area contributed by atoms with Crippen LogP contribution in [0.2, 0.25) is 0 Å². The van der Waals surface area contributed by atoms with Gasteiger partial charge in [-0.05, 0) is 35.9 Å². The highest BCUT2D eigenvalue weighted by atomic mass is 16.5. The molecule has 1 amide bonds. The molecule has 0 aliphatic rings. The Morgan fingerprint density at radius 1 is 0.939 bits per heavy atom. The summed E-state index contributed by atoms with van der Waals surface area (Å²) in [5.74, 6) is 0.456. The van der Waals surface area contributed by atoms with Crippen LogP contribution >= 0.6 is 0 Å². The van der Waals surface area contributed by atoms with Crippen molar-refractivity contribution in [2.24, 2.45) is 0 Å². The van der Waals surface area contributed by atoms with Gasteiger partial charge < -0.3 is 10.1 Å². The van der Waals surface area contributed by atoms with Crippen molar-refractivity contribution in [3.63, 3.8) is 0 Å². The molecule has 0 fully saturated rings. The van der Waals surface area contributed by atoms with Crippen LogP contribution < -0.4 is 10.1 Å². The van der Waals surface area contributed by atoms with Gasteiger partial charge in [-0.25, -0.2) is 9.50 Å². The minimum atomic E-state index is -0.263. The zero-order valence-electron chi connectivity index (χ0n) is 18.0.